The summed E-state index contributed by atoms with van der Waals surface area (Å²) in [6.07, 6.45) is 0. The minimum absolute atomic E-state index is 0.139. The Hall–Kier alpha value is -2.58. The standard InChI is InChI=1S/C21H29N3O4S/c1-6-24(7-2)29(26,27)16-13-14-19(23(4)5)18(15-16)22-21(25)17-11-9-10-12-20(17)28-8-3/h9-15H,6-8H2,1-5H3,(H,22,25). The number of benzene rings is 2. The van der Waals surface area contributed by atoms with Crippen LogP contribution in [0.3, 0.4) is 0 Å². The molecule has 2 aromatic carbocycles. The molecule has 0 atom stereocenters. The van der Waals surface area contributed by atoms with Crippen molar-refractivity contribution >= 4 is 27.3 Å². The van der Waals surface area contributed by atoms with Gasteiger partial charge in [0.15, 0.2) is 0 Å². The molecule has 1 amide bonds. The van der Waals surface area contributed by atoms with Crippen LogP contribution in [0.1, 0.15) is 31.1 Å². The summed E-state index contributed by atoms with van der Waals surface area (Å²) in [4.78, 5) is 14.9. The van der Waals surface area contributed by atoms with Crippen LogP contribution in [-0.2, 0) is 10.0 Å². The minimum Gasteiger partial charge on any atom is -0.493 e. The van der Waals surface area contributed by atoms with Crippen molar-refractivity contribution in [1.29, 1.82) is 0 Å². The molecular weight excluding hydrogens is 390 g/mol. The van der Waals surface area contributed by atoms with E-state index < -0.39 is 10.0 Å². The monoisotopic (exact) mass is 419 g/mol. The van der Waals surface area contributed by atoms with Crippen LogP contribution in [0.15, 0.2) is 47.4 Å². The smallest absolute Gasteiger partial charge is 0.259 e. The van der Waals surface area contributed by atoms with Gasteiger partial charge in [-0.15, -0.1) is 0 Å². The third-order valence-corrected chi connectivity index (χ3v) is 6.52. The first kappa shape index (κ1) is 22.7. The highest BCUT2D eigenvalue weighted by atomic mass is 32.2. The average Bonchev–Trinajstić information content (AvgIpc) is 2.69. The number of ether oxygens (including phenoxy) is 1. The lowest BCUT2D eigenvalue weighted by molar-refractivity contribution is 0.102. The number of amides is 1. The molecule has 0 saturated heterocycles. The van der Waals surface area contributed by atoms with Crippen molar-refractivity contribution in [2.24, 2.45) is 0 Å². The van der Waals surface area contributed by atoms with Crippen LogP contribution in [0.25, 0.3) is 0 Å². The summed E-state index contributed by atoms with van der Waals surface area (Å²) in [6, 6.07) is 11.7. The summed E-state index contributed by atoms with van der Waals surface area (Å²) in [5.41, 5.74) is 1.50. The van der Waals surface area contributed by atoms with Crippen LogP contribution < -0.4 is 15.0 Å². The van der Waals surface area contributed by atoms with E-state index in [2.05, 4.69) is 5.32 Å². The van der Waals surface area contributed by atoms with Gasteiger partial charge < -0.3 is 15.0 Å². The van der Waals surface area contributed by atoms with E-state index in [4.69, 9.17) is 4.74 Å². The fraction of sp³-hybridized carbons (Fsp3) is 0.381. The largest absolute Gasteiger partial charge is 0.493 e. The maximum atomic E-state index is 12.9. The summed E-state index contributed by atoms with van der Waals surface area (Å²) >= 11 is 0. The van der Waals surface area contributed by atoms with E-state index in [1.54, 1.807) is 50.2 Å². The van der Waals surface area contributed by atoms with Crippen molar-refractivity contribution in [3.63, 3.8) is 0 Å². The van der Waals surface area contributed by atoms with Gasteiger partial charge in [0.05, 0.1) is 28.4 Å². The maximum absolute atomic E-state index is 12.9. The Bertz CT molecular complexity index is 954. The van der Waals surface area contributed by atoms with Gasteiger partial charge in [-0.1, -0.05) is 26.0 Å². The third-order valence-electron chi connectivity index (χ3n) is 4.47. The van der Waals surface area contributed by atoms with Gasteiger partial charge in [-0.25, -0.2) is 8.42 Å². The Balaban J connectivity index is 2.47. The lowest BCUT2D eigenvalue weighted by atomic mass is 10.1. The Morgan fingerprint density at radius 2 is 1.69 bits per heavy atom. The Morgan fingerprint density at radius 1 is 1.03 bits per heavy atom. The summed E-state index contributed by atoms with van der Waals surface area (Å²) in [6.45, 7) is 6.62. The van der Waals surface area contributed by atoms with Crippen molar-refractivity contribution in [2.45, 2.75) is 25.7 Å². The van der Waals surface area contributed by atoms with Crippen LogP contribution >= 0.6 is 0 Å². The van der Waals surface area contributed by atoms with Crippen molar-refractivity contribution in [1.82, 2.24) is 4.31 Å². The van der Waals surface area contributed by atoms with Crippen LogP contribution in [0.5, 0.6) is 5.75 Å². The van der Waals surface area contributed by atoms with Gasteiger partial charge in [0, 0.05) is 27.2 Å². The molecule has 0 radical (unpaired) electrons. The predicted octanol–water partition coefficient (Wildman–Crippen LogP) is 3.43. The fourth-order valence-electron chi connectivity index (χ4n) is 3.00. The number of nitrogens with one attached hydrogen (secondary N) is 1. The summed E-state index contributed by atoms with van der Waals surface area (Å²) in [5, 5.41) is 2.85. The van der Waals surface area contributed by atoms with E-state index in [-0.39, 0.29) is 10.8 Å². The molecule has 8 heteroatoms. The molecule has 0 bridgehead atoms. The van der Waals surface area contributed by atoms with E-state index in [1.165, 1.54) is 10.4 Å². The van der Waals surface area contributed by atoms with Crippen LogP contribution in [0.2, 0.25) is 0 Å². The number of nitrogens with zero attached hydrogens (tertiary/aromatic N) is 2. The SMILES string of the molecule is CCOc1ccccc1C(=O)Nc1cc(S(=O)(=O)N(CC)CC)ccc1N(C)C. The molecule has 0 saturated carbocycles. The molecule has 0 aliphatic heterocycles. The number of hydrogen-bond acceptors (Lipinski definition) is 5. The molecule has 7 nitrogen and oxygen atoms in total. The normalized spacial score (nSPS) is 11.4. The molecule has 29 heavy (non-hydrogen) atoms. The summed E-state index contributed by atoms with van der Waals surface area (Å²) < 4.78 is 32.7. The molecule has 0 fully saturated rings. The quantitative estimate of drug-likeness (QED) is 0.674. The number of rotatable bonds is 9. The lowest BCUT2D eigenvalue weighted by Gasteiger charge is -2.22. The molecule has 0 spiro atoms. The second-order valence-electron chi connectivity index (χ2n) is 6.55. The summed E-state index contributed by atoms with van der Waals surface area (Å²) in [5.74, 6) is 0.111. The van der Waals surface area contributed by atoms with Gasteiger partial charge in [0.1, 0.15) is 5.75 Å². The van der Waals surface area contributed by atoms with Gasteiger partial charge in [0.2, 0.25) is 10.0 Å². The number of anilines is 2. The zero-order valence-electron chi connectivity index (χ0n) is 17.6. The van der Waals surface area contributed by atoms with Crippen LogP contribution in [-0.4, -0.2) is 52.4 Å². The molecule has 2 aromatic rings. The molecule has 0 aromatic heterocycles. The first-order chi connectivity index (χ1) is 13.8. The van der Waals surface area contributed by atoms with Gasteiger partial charge in [-0.3, -0.25) is 4.79 Å². The van der Waals surface area contributed by atoms with Crippen molar-refractivity contribution < 1.29 is 17.9 Å². The highest BCUT2D eigenvalue weighted by molar-refractivity contribution is 7.89. The molecule has 2 rings (SSSR count). The molecule has 0 aliphatic carbocycles. The summed E-state index contributed by atoms with van der Waals surface area (Å²) in [7, 11) is 0.0175. The first-order valence-corrected chi connectivity index (χ1v) is 11.0. The van der Waals surface area contributed by atoms with E-state index >= 15 is 0 Å². The van der Waals surface area contributed by atoms with Crippen molar-refractivity contribution in [3.05, 3.63) is 48.0 Å². The number of para-hydroxylation sites is 1. The van der Waals surface area contributed by atoms with E-state index in [0.717, 1.165) is 0 Å². The number of carbonyl (C=O) groups is 1. The molecular formula is C21H29N3O4S. The van der Waals surface area contributed by atoms with Crippen LogP contribution in [0, 0.1) is 0 Å². The Morgan fingerprint density at radius 3 is 2.28 bits per heavy atom. The van der Waals surface area contributed by atoms with Gasteiger partial charge in [0.25, 0.3) is 5.91 Å². The second-order valence-corrected chi connectivity index (χ2v) is 8.48. The topological polar surface area (TPSA) is 78.9 Å². The zero-order valence-corrected chi connectivity index (χ0v) is 18.4. The maximum Gasteiger partial charge on any atom is 0.259 e. The van der Waals surface area contributed by atoms with E-state index in [1.807, 2.05) is 25.9 Å². The van der Waals surface area contributed by atoms with Gasteiger partial charge in [-0.2, -0.15) is 4.31 Å². The number of sulfonamides is 1. The van der Waals surface area contributed by atoms with Gasteiger partial charge in [-0.05, 0) is 37.3 Å². The van der Waals surface area contributed by atoms with Crippen molar-refractivity contribution in [3.8, 4) is 5.75 Å². The molecule has 0 aliphatic rings. The van der Waals surface area contributed by atoms with Crippen LogP contribution in [0.4, 0.5) is 11.4 Å². The van der Waals surface area contributed by atoms with Gasteiger partial charge >= 0.3 is 0 Å². The molecule has 158 valence electrons. The molecule has 1 N–H and O–H groups in total. The lowest BCUT2D eigenvalue weighted by Crippen LogP contribution is -2.30. The fourth-order valence-corrected chi connectivity index (χ4v) is 4.49. The van der Waals surface area contributed by atoms with E-state index in [9.17, 15) is 13.2 Å². The Labute approximate surface area is 173 Å². The minimum atomic E-state index is -3.64. The zero-order chi connectivity index (χ0) is 21.6. The highest BCUT2D eigenvalue weighted by Crippen LogP contribution is 2.30. The van der Waals surface area contributed by atoms with E-state index in [0.29, 0.717) is 42.4 Å². The predicted molar refractivity (Wildman–Crippen MR) is 116 cm³/mol. The second kappa shape index (κ2) is 9.76. The molecule has 0 unspecified atom stereocenters. The molecule has 0 heterocycles. The third kappa shape index (κ3) is 5.07. The van der Waals surface area contributed by atoms with Crippen molar-refractivity contribution in [2.75, 3.05) is 44.0 Å². The average molecular weight is 420 g/mol. The number of hydrogen-bond donors (Lipinski definition) is 1. The Kier molecular flexibility index (Phi) is 7.64. The first-order valence-electron chi connectivity index (χ1n) is 9.60. The number of carbonyl (C=O) groups excluding carboxylic acids is 1. The highest BCUT2D eigenvalue weighted by Gasteiger charge is 2.24.